The molecule has 1 N–H and O–H groups in total. The predicted octanol–water partition coefficient (Wildman–Crippen LogP) is 3.76. The molecule has 0 radical (unpaired) electrons. The Morgan fingerprint density at radius 3 is 2.19 bits per heavy atom. The zero-order valence-electron chi connectivity index (χ0n) is 8.85. The van der Waals surface area contributed by atoms with Crippen molar-refractivity contribution < 1.29 is 13.2 Å². The predicted molar refractivity (Wildman–Crippen MR) is 57.5 cm³/mol. The summed E-state index contributed by atoms with van der Waals surface area (Å²) in [6.45, 7) is 0. The average molecular weight is 229 g/mol. The number of rotatable bonds is 3. The molecule has 88 valence electrons. The van der Waals surface area contributed by atoms with Crippen molar-refractivity contribution in [1.29, 1.82) is 0 Å². The number of hydrogen-bond acceptors (Lipinski definition) is 1. The van der Waals surface area contributed by atoms with Crippen LogP contribution in [0.1, 0.15) is 24.8 Å². The first-order valence-electron chi connectivity index (χ1n) is 5.45. The lowest BCUT2D eigenvalue weighted by atomic mass is 9.93. The van der Waals surface area contributed by atoms with Crippen molar-refractivity contribution in [2.24, 2.45) is 0 Å². The summed E-state index contributed by atoms with van der Waals surface area (Å²) < 4.78 is 36.3. The fourth-order valence-corrected chi connectivity index (χ4v) is 1.74. The van der Waals surface area contributed by atoms with Gasteiger partial charge < -0.3 is 5.32 Å². The maximum atomic E-state index is 12.1. The van der Waals surface area contributed by atoms with Crippen LogP contribution >= 0.6 is 0 Å². The monoisotopic (exact) mass is 229 g/mol. The van der Waals surface area contributed by atoms with Crippen LogP contribution in [0.15, 0.2) is 24.3 Å². The minimum absolute atomic E-state index is 0.312. The molecule has 0 aromatic heterocycles. The Kier molecular flexibility index (Phi) is 3.08. The summed E-state index contributed by atoms with van der Waals surface area (Å²) in [4.78, 5) is 0. The van der Waals surface area contributed by atoms with Gasteiger partial charge in [0.15, 0.2) is 0 Å². The smallest absolute Gasteiger partial charge is 0.382 e. The van der Waals surface area contributed by atoms with Gasteiger partial charge in [-0.1, -0.05) is 12.1 Å². The summed E-state index contributed by atoms with van der Waals surface area (Å²) in [7, 11) is 0. The molecule has 1 nitrogen and oxygen atoms in total. The molecule has 0 unspecified atom stereocenters. The number of anilines is 1. The highest BCUT2D eigenvalue weighted by atomic mass is 19.4. The van der Waals surface area contributed by atoms with E-state index >= 15 is 0 Å². The highest BCUT2D eigenvalue weighted by molar-refractivity contribution is 5.45. The Hall–Kier alpha value is -1.19. The summed E-state index contributed by atoms with van der Waals surface area (Å²) in [5.74, 6) is 0. The molecule has 0 bridgehead atoms. The fraction of sp³-hybridized carbons (Fsp3) is 0.500. The molecule has 0 atom stereocenters. The van der Waals surface area contributed by atoms with Crippen LogP contribution < -0.4 is 5.32 Å². The maximum absolute atomic E-state index is 12.1. The van der Waals surface area contributed by atoms with Gasteiger partial charge in [0.1, 0.15) is 0 Å². The summed E-state index contributed by atoms with van der Waals surface area (Å²) in [5.41, 5.74) is 1.22. The molecule has 0 heterocycles. The van der Waals surface area contributed by atoms with Crippen LogP contribution in [0.3, 0.4) is 0 Å². The van der Waals surface area contributed by atoms with E-state index in [4.69, 9.17) is 0 Å². The molecule has 1 fully saturated rings. The summed E-state index contributed by atoms with van der Waals surface area (Å²) in [6, 6.07) is 7.02. The van der Waals surface area contributed by atoms with Crippen LogP contribution in [0.4, 0.5) is 18.9 Å². The second kappa shape index (κ2) is 4.36. The first-order valence-corrected chi connectivity index (χ1v) is 5.45. The molecule has 1 aliphatic carbocycles. The molecule has 1 aromatic rings. The van der Waals surface area contributed by atoms with Crippen LogP contribution in [0.25, 0.3) is 0 Å². The van der Waals surface area contributed by atoms with Gasteiger partial charge in [-0.25, -0.2) is 0 Å². The van der Waals surface area contributed by atoms with Crippen molar-refractivity contribution in [2.45, 2.75) is 37.9 Å². The van der Waals surface area contributed by atoms with Gasteiger partial charge in [0, 0.05) is 11.7 Å². The minimum Gasteiger partial charge on any atom is -0.382 e. The fourth-order valence-electron chi connectivity index (χ4n) is 1.74. The molecular formula is C12H14F3N. The van der Waals surface area contributed by atoms with E-state index in [9.17, 15) is 13.2 Å². The van der Waals surface area contributed by atoms with Gasteiger partial charge in [0.25, 0.3) is 0 Å². The number of benzene rings is 1. The van der Waals surface area contributed by atoms with Gasteiger partial charge in [-0.05, 0) is 37.0 Å². The van der Waals surface area contributed by atoms with E-state index in [-0.39, 0.29) is 0 Å². The van der Waals surface area contributed by atoms with E-state index in [1.54, 1.807) is 12.1 Å². The quantitative estimate of drug-likeness (QED) is 0.832. The number of halogens is 3. The normalized spacial score (nSPS) is 16.9. The zero-order chi connectivity index (χ0) is 11.6. The molecule has 4 heteroatoms. The van der Waals surface area contributed by atoms with Crippen LogP contribution in [0.2, 0.25) is 0 Å². The third-order valence-corrected chi connectivity index (χ3v) is 2.83. The third kappa shape index (κ3) is 3.15. The summed E-state index contributed by atoms with van der Waals surface area (Å²) in [5, 5.41) is 3.29. The topological polar surface area (TPSA) is 12.0 Å². The molecule has 0 spiro atoms. The van der Waals surface area contributed by atoms with E-state index < -0.39 is 12.6 Å². The number of nitrogens with one attached hydrogen (secondary N) is 1. The van der Waals surface area contributed by atoms with Gasteiger partial charge >= 0.3 is 6.18 Å². The van der Waals surface area contributed by atoms with Crippen molar-refractivity contribution in [3.8, 4) is 0 Å². The van der Waals surface area contributed by atoms with Crippen LogP contribution in [-0.2, 0) is 6.42 Å². The molecule has 1 saturated carbocycles. The van der Waals surface area contributed by atoms with Gasteiger partial charge in [-0.3, -0.25) is 0 Å². The van der Waals surface area contributed by atoms with Crippen molar-refractivity contribution in [3.63, 3.8) is 0 Å². The third-order valence-electron chi connectivity index (χ3n) is 2.83. The number of hydrogen-bond donors (Lipinski definition) is 1. The summed E-state index contributed by atoms with van der Waals surface area (Å²) in [6.07, 6.45) is -1.42. The Morgan fingerprint density at radius 1 is 1.12 bits per heavy atom. The first kappa shape index (κ1) is 11.3. The molecule has 1 aliphatic rings. The zero-order valence-corrected chi connectivity index (χ0v) is 8.85. The van der Waals surface area contributed by atoms with Crippen molar-refractivity contribution in [3.05, 3.63) is 29.8 Å². The molecule has 16 heavy (non-hydrogen) atoms. The first-order chi connectivity index (χ1) is 7.53. The second-order valence-electron chi connectivity index (χ2n) is 4.26. The van der Waals surface area contributed by atoms with E-state index in [1.807, 2.05) is 0 Å². The summed E-state index contributed by atoms with van der Waals surface area (Å²) >= 11 is 0. The van der Waals surface area contributed by atoms with E-state index in [0.717, 1.165) is 18.5 Å². The molecule has 1 aromatic carbocycles. The maximum Gasteiger partial charge on any atom is 0.393 e. The standard InChI is InChI=1S/C12H14F3N/c13-12(14,15)8-9-4-6-11(7-5-9)16-10-2-1-3-10/h4-7,10,16H,1-3,8H2. The Balaban J connectivity index is 1.93. The van der Waals surface area contributed by atoms with Crippen molar-refractivity contribution in [1.82, 2.24) is 0 Å². The van der Waals surface area contributed by atoms with Gasteiger partial charge in [-0.2, -0.15) is 13.2 Å². The Bertz CT molecular complexity index is 338. The number of alkyl halides is 3. The van der Waals surface area contributed by atoms with Gasteiger partial charge in [0.05, 0.1) is 6.42 Å². The van der Waals surface area contributed by atoms with E-state index in [1.165, 1.54) is 18.6 Å². The lowest BCUT2D eigenvalue weighted by Gasteiger charge is -2.27. The highest BCUT2D eigenvalue weighted by Gasteiger charge is 2.27. The molecule has 0 aliphatic heterocycles. The molecule has 0 saturated heterocycles. The van der Waals surface area contributed by atoms with Crippen molar-refractivity contribution in [2.75, 3.05) is 5.32 Å². The molecule has 0 amide bonds. The second-order valence-corrected chi connectivity index (χ2v) is 4.26. The lowest BCUT2D eigenvalue weighted by Crippen LogP contribution is -2.26. The van der Waals surface area contributed by atoms with Gasteiger partial charge in [0.2, 0.25) is 0 Å². The van der Waals surface area contributed by atoms with Gasteiger partial charge in [-0.15, -0.1) is 0 Å². The minimum atomic E-state index is -4.12. The van der Waals surface area contributed by atoms with Crippen LogP contribution in [0.5, 0.6) is 0 Å². The SMILES string of the molecule is FC(F)(F)Cc1ccc(NC2CCC2)cc1. The average Bonchev–Trinajstić information content (AvgIpc) is 2.11. The Labute approximate surface area is 92.7 Å². The van der Waals surface area contributed by atoms with E-state index in [2.05, 4.69) is 5.32 Å². The molecule has 2 rings (SSSR count). The molecular weight excluding hydrogens is 215 g/mol. The largest absolute Gasteiger partial charge is 0.393 e. The van der Waals surface area contributed by atoms with Crippen LogP contribution in [-0.4, -0.2) is 12.2 Å². The highest BCUT2D eigenvalue weighted by Crippen LogP contribution is 2.25. The van der Waals surface area contributed by atoms with Crippen LogP contribution in [0, 0.1) is 0 Å². The van der Waals surface area contributed by atoms with Crippen molar-refractivity contribution >= 4 is 5.69 Å². The van der Waals surface area contributed by atoms with E-state index in [0.29, 0.717) is 11.6 Å². The Morgan fingerprint density at radius 2 is 1.75 bits per heavy atom. The lowest BCUT2D eigenvalue weighted by molar-refractivity contribution is -0.127.